The van der Waals surface area contributed by atoms with Gasteiger partial charge in [0.2, 0.25) is 5.91 Å². The number of hydrogen-bond acceptors (Lipinski definition) is 6. The van der Waals surface area contributed by atoms with E-state index in [2.05, 4.69) is 5.32 Å². The molecule has 0 bridgehead atoms. The molecule has 0 aliphatic carbocycles. The molecule has 3 aromatic carbocycles. The second-order valence-corrected chi connectivity index (χ2v) is 8.65. The summed E-state index contributed by atoms with van der Waals surface area (Å²) < 4.78 is 16.1. The summed E-state index contributed by atoms with van der Waals surface area (Å²) >= 11 is 0. The van der Waals surface area contributed by atoms with Crippen molar-refractivity contribution in [2.45, 2.75) is 25.8 Å². The fourth-order valence-corrected chi connectivity index (χ4v) is 4.38. The van der Waals surface area contributed by atoms with E-state index in [9.17, 15) is 14.4 Å². The van der Waals surface area contributed by atoms with Crippen LogP contribution in [0.15, 0.2) is 72.8 Å². The van der Waals surface area contributed by atoms with Gasteiger partial charge in [-0.15, -0.1) is 0 Å². The average Bonchev–Trinajstić information content (AvgIpc) is 3.16. The fourth-order valence-electron chi connectivity index (χ4n) is 4.38. The molecule has 1 fully saturated rings. The van der Waals surface area contributed by atoms with E-state index in [1.807, 2.05) is 25.1 Å². The molecular formula is C29H31N3O6. The first-order chi connectivity index (χ1) is 18.4. The van der Waals surface area contributed by atoms with Gasteiger partial charge in [-0.2, -0.15) is 0 Å². The number of methoxy groups -OCH3 is 2. The molecule has 1 atom stereocenters. The van der Waals surface area contributed by atoms with Crippen LogP contribution in [-0.4, -0.2) is 56.2 Å². The maximum absolute atomic E-state index is 13.5. The summed E-state index contributed by atoms with van der Waals surface area (Å²) in [6.07, 6.45) is 0.284. The highest BCUT2D eigenvalue weighted by Crippen LogP contribution is 2.30. The van der Waals surface area contributed by atoms with Gasteiger partial charge in [0.05, 0.1) is 32.9 Å². The number of amides is 4. The van der Waals surface area contributed by atoms with Crippen LogP contribution < -0.4 is 24.4 Å². The number of hydrogen-bond donors (Lipinski definition) is 1. The Kier molecular flexibility index (Phi) is 8.47. The maximum atomic E-state index is 13.5. The van der Waals surface area contributed by atoms with E-state index < -0.39 is 18.0 Å². The van der Waals surface area contributed by atoms with Crippen molar-refractivity contribution in [1.82, 2.24) is 4.90 Å². The summed E-state index contributed by atoms with van der Waals surface area (Å²) in [6, 6.07) is 19.8. The Labute approximate surface area is 221 Å². The van der Waals surface area contributed by atoms with Crippen molar-refractivity contribution in [3.8, 4) is 17.2 Å². The van der Waals surface area contributed by atoms with Crippen LogP contribution in [0.3, 0.4) is 0 Å². The molecule has 4 rings (SSSR count). The zero-order valence-corrected chi connectivity index (χ0v) is 21.7. The largest absolute Gasteiger partial charge is 0.494 e. The molecule has 198 valence electrons. The third-order valence-corrected chi connectivity index (χ3v) is 6.25. The number of carbonyl (C=O) groups is 3. The van der Waals surface area contributed by atoms with Gasteiger partial charge < -0.3 is 24.4 Å². The molecule has 3 aromatic rings. The number of nitrogens with one attached hydrogen (secondary N) is 1. The van der Waals surface area contributed by atoms with Crippen molar-refractivity contribution in [1.29, 1.82) is 0 Å². The highest BCUT2D eigenvalue weighted by molar-refractivity contribution is 6.22. The van der Waals surface area contributed by atoms with Crippen LogP contribution in [0, 0.1) is 0 Å². The van der Waals surface area contributed by atoms with Crippen molar-refractivity contribution in [2.24, 2.45) is 0 Å². The molecule has 1 heterocycles. The minimum atomic E-state index is -0.939. The summed E-state index contributed by atoms with van der Waals surface area (Å²) in [5.74, 6) is 1.07. The molecule has 1 N–H and O–H groups in total. The van der Waals surface area contributed by atoms with E-state index in [0.29, 0.717) is 41.7 Å². The van der Waals surface area contributed by atoms with Crippen molar-refractivity contribution in [3.63, 3.8) is 0 Å². The van der Waals surface area contributed by atoms with E-state index in [4.69, 9.17) is 14.2 Å². The molecule has 1 aliphatic rings. The van der Waals surface area contributed by atoms with Crippen LogP contribution in [0.2, 0.25) is 0 Å². The quantitative estimate of drug-likeness (QED) is 0.376. The number of ether oxygens (including phenoxy) is 3. The Balaban J connectivity index is 1.52. The summed E-state index contributed by atoms with van der Waals surface area (Å²) in [7, 11) is 3.12. The lowest BCUT2D eigenvalue weighted by Crippen LogP contribution is -2.39. The molecule has 38 heavy (non-hydrogen) atoms. The van der Waals surface area contributed by atoms with Crippen molar-refractivity contribution < 1.29 is 28.6 Å². The number of rotatable bonds is 11. The van der Waals surface area contributed by atoms with E-state index in [0.717, 1.165) is 10.5 Å². The first-order valence-corrected chi connectivity index (χ1v) is 12.4. The van der Waals surface area contributed by atoms with Crippen molar-refractivity contribution in [3.05, 3.63) is 78.4 Å². The zero-order chi connectivity index (χ0) is 27.1. The number of nitrogens with zero attached hydrogens (tertiary/aromatic N) is 2. The average molecular weight is 518 g/mol. The molecule has 0 saturated carbocycles. The smallest absolute Gasteiger partial charge is 0.332 e. The second-order valence-electron chi connectivity index (χ2n) is 8.65. The van der Waals surface area contributed by atoms with Gasteiger partial charge in [0.1, 0.15) is 11.8 Å². The SMILES string of the molecule is CCOc1ccc(NC(=O)C[C@H]2C(=O)N(c3ccccc3)C(=O)N2CCc2ccc(OC)c(OC)c2)cc1. The summed E-state index contributed by atoms with van der Waals surface area (Å²) in [4.78, 5) is 42.5. The Morgan fingerprint density at radius 3 is 2.29 bits per heavy atom. The van der Waals surface area contributed by atoms with Crippen LogP contribution in [0.4, 0.5) is 16.2 Å². The van der Waals surface area contributed by atoms with Crippen LogP contribution in [-0.2, 0) is 16.0 Å². The van der Waals surface area contributed by atoms with Gasteiger partial charge in [-0.3, -0.25) is 9.59 Å². The molecule has 0 aromatic heterocycles. The third-order valence-electron chi connectivity index (χ3n) is 6.25. The predicted molar refractivity (Wildman–Crippen MR) is 144 cm³/mol. The number of imide groups is 1. The van der Waals surface area contributed by atoms with E-state index in [-0.39, 0.29) is 18.9 Å². The topological polar surface area (TPSA) is 97.4 Å². The third kappa shape index (κ3) is 5.88. The molecule has 4 amide bonds. The molecular weight excluding hydrogens is 486 g/mol. The number of para-hydroxylation sites is 1. The Hall–Kier alpha value is -4.53. The van der Waals surface area contributed by atoms with Crippen molar-refractivity contribution in [2.75, 3.05) is 37.6 Å². The summed E-state index contributed by atoms with van der Waals surface area (Å²) in [5, 5.41) is 2.82. The minimum absolute atomic E-state index is 0.174. The summed E-state index contributed by atoms with van der Waals surface area (Å²) in [5.41, 5.74) is 1.94. The number of anilines is 2. The van der Waals surface area contributed by atoms with Crippen LogP contribution in [0.5, 0.6) is 17.2 Å². The monoisotopic (exact) mass is 517 g/mol. The Morgan fingerprint density at radius 1 is 0.921 bits per heavy atom. The number of urea groups is 1. The molecule has 0 spiro atoms. The van der Waals surface area contributed by atoms with Gasteiger partial charge >= 0.3 is 6.03 Å². The molecule has 0 unspecified atom stereocenters. The molecule has 1 aliphatic heterocycles. The van der Waals surface area contributed by atoms with Gasteiger partial charge in [-0.1, -0.05) is 24.3 Å². The van der Waals surface area contributed by atoms with Gasteiger partial charge in [0, 0.05) is 12.2 Å². The minimum Gasteiger partial charge on any atom is -0.494 e. The normalized spacial score (nSPS) is 15.0. The molecule has 0 radical (unpaired) electrons. The van der Waals surface area contributed by atoms with Gasteiger partial charge in [0.15, 0.2) is 11.5 Å². The van der Waals surface area contributed by atoms with Crippen LogP contribution in [0.25, 0.3) is 0 Å². The lowest BCUT2D eigenvalue weighted by molar-refractivity contribution is -0.124. The van der Waals surface area contributed by atoms with E-state index in [1.54, 1.807) is 68.8 Å². The standard InChI is InChI=1S/C29H31N3O6/c1-4-38-23-13-11-21(12-14-23)30-27(33)19-24-28(34)32(22-8-6-5-7-9-22)29(35)31(24)17-16-20-10-15-25(36-2)26(18-20)37-3/h5-15,18,24H,4,16-17,19H2,1-3H3,(H,30,33)/t24-/m0/s1. The molecule has 1 saturated heterocycles. The Morgan fingerprint density at radius 2 is 1.63 bits per heavy atom. The fraction of sp³-hybridized carbons (Fsp3) is 0.276. The lowest BCUT2D eigenvalue weighted by atomic mass is 10.1. The van der Waals surface area contributed by atoms with E-state index in [1.165, 1.54) is 4.90 Å². The van der Waals surface area contributed by atoms with Gasteiger partial charge in [-0.25, -0.2) is 9.69 Å². The first kappa shape index (κ1) is 26.5. The van der Waals surface area contributed by atoms with Gasteiger partial charge in [-0.05, 0) is 67.4 Å². The highest BCUT2D eigenvalue weighted by atomic mass is 16.5. The molecule has 9 nitrogen and oxygen atoms in total. The zero-order valence-electron chi connectivity index (χ0n) is 21.7. The lowest BCUT2D eigenvalue weighted by Gasteiger charge is -2.22. The Bertz CT molecular complexity index is 1280. The molecule has 9 heteroatoms. The summed E-state index contributed by atoms with van der Waals surface area (Å²) in [6.45, 7) is 2.68. The van der Waals surface area contributed by atoms with Crippen LogP contribution in [0.1, 0.15) is 18.9 Å². The highest BCUT2D eigenvalue weighted by Gasteiger charge is 2.46. The maximum Gasteiger partial charge on any atom is 0.332 e. The first-order valence-electron chi connectivity index (χ1n) is 12.4. The predicted octanol–water partition coefficient (Wildman–Crippen LogP) is 4.51. The van der Waals surface area contributed by atoms with Crippen LogP contribution >= 0.6 is 0 Å². The number of benzene rings is 3. The second kappa shape index (κ2) is 12.1. The number of carbonyl (C=O) groups excluding carboxylic acids is 3. The van der Waals surface area contributed by atoms with Gasteiger partial charge in [0.25, 0.3) is 5.91 Å². The van der Waals surface area contributed by atoms with Crippen molar-refractivity contribution >= 4 is 29.2 Å². The van der Waals surface area contributed by atoms with E-state index >= 15 is 0 Å².